The molecule has 1 aliphatic heterocycles. The van der Waals surface area contributed by atoms with E-state index in [1.54, 1.807) is 11.8 Å². The van der Waals surface area contributed by atoms with Crippen molar-refractivity contribution in [2.24, 2.45) is 0 Å². The zero-order chi connectivity index (χ0) is 13.2. The van der Waals surface area contributed by atoms with E-state index in [1.165, 1.54) is 0 Å². The average Bonchev–Trinajstić information content (AvgIpc) is 2.46. The number of carbonyl (C=O) groups excluding carboxylic acids is 1. The molecule has 0 aromatic heterocycles. The fraction of sp³-hybridized carbons (Fsp3) is 0.133. The van der Waals surface area contributed by atoms with Gasteiger partial charge in [-0.15, -0.1) is 11.8 Å². The van der Waals surface area contributed by atoms with E-state index >= 15 is 0 Å². The Hall–Kier alpha value is -1.45. The van der Waals surface area contributed by atoms with Crippen molar-refractivity contribution in [3.05, 3.63) is 59.1 Å². The van der Waals surface area contributed by atoms with Crippen LogP contribution < -0.4 is 5.32 Å². The molecular weight excluding hydrogens is 278 g/mol. The van der Waals surface area contributed by atoms with Crippen molar-refractivity contribution in [2.75, 3.05) is 5.32 Å². The predicted molar refractivity (Wildman–Crippen MR) is 80.0 cm³/mol. The second-order valence-corrected chi connectivity index (χ2v) is 6.04. The molecule has 0 amide bonds. The first kappa shape index (κ1) is 12.6. The first-order valence-electron chi connectivity index (χ1n) is 6.01. The number of thioether (sulfide) groups is 1. The molecule has 0 saturated carbocycles. The van der Waals surface area contributed by atoms with Crippen LogP contribution in [0.25, 0.3) is 0 Å². The second kappa shape index (κ2) is 5.27. The van der Waals surface area contributed by atoms with E-state index in [0.717, 1.165) is 22.4 Å². The Labute approximate surface area is 121 Å². The molecule has 1 N–H and O–H groups in total. The lowest BCUT2D eigenvalue weighted by Gasteiger charge is -2.31. The van der Waals surface area contributed by atoms with Gasteiger partial charge in [-0.3, -0.25) is 0 Å². The highest BCUT2D eigenvalue weighted by molar-refractivity contribution is 8.00. The van der Waals surface area contributed by atoms with Gasteiger partial charge in [0.05, 0.1) is 11.3 Å². The molecule has 1 heterocycles. The summed E-state index contributed by atoms with van der Waals surface area (Å²) < 4.78 is 0. The fourth-order valence-corrected chi connectivity index (χ4v) is 3.45. The molecule has 96 valence electrons. The third-order valence-electron chi connectivity index (χ3n) is 3.15. The molecule has 2 unspecified atom stereocenters. The number of hydrogen-bond donors (Lipinski definition) is 1. The van der Waals surface area contributed by atoms with E-state index in [0.29, 0.717) is 5.02 Å². The topological polar surface area (TPSA) is 29.1 Å². The number of aldehydes is 1. The van der Waals surface area contributed by atoms with Gasteiger partial charge in [-0.05, 0) is 29.8 Å². The van der Waals surface area contributed by atoms with Gasteiger partial charge in [0.1, 0.15) is 6.29 Å². The maximum absolute atomic E-state index is 11.3. The van der Waals surface area contributed by atoms with E-state index < -0.39 is 0 Å². The van der Waals surface area contributed by atoms with Gasteiger partial charge >= 0.3 is 0 Å². The maximum atomic E-state index is 11.3. The average molecular weight is 290 g/mol. The van der Waals surface area contributed by atoms with Crippen molar-refractivity contribution in [1.29, 1.82) is 0 Å². The van der Waals surface area contributed by atoms with Gasteiger partial charge in [-0.25, -0.2) is 0 Å². The molecule has 3 rings (SSSR count). The zero-order valence-electron chi connectivity index (χ0n) is 10.0. The molecule has 2 aromatic carbocycles. The summed E-state index contributed by atoms with van der Waals surface area (Å²) in [7, 11) is 0. The minimum absolute atomic E-state index is 0.0188. The van der Waals surface area contributed by atoms with Gasteiger partial charge < -0.3 is 10.1 Å². The summed E-state index contributed by atoms with van der Waals surface area (Å²) in [6, 6.07) is 15.7. The highest BCUT2D eigenvalue weighted by atomic mass is 35.5. The molecule has 2 aromatic rings. The number of anilines is 1. The Morgan fingerprint density at radius 2 is 1.84 bits per heavy atom. The number of rotatable bonds is 2. The van der Waals surface area contributed by atoms with Crippen LogP contribution in [0.4, 0.5) is 5.69 Å². The third-order valence-corrected chi connectivity index (χ3v) is 4.67. The van der Waals surface area contributed by atoms with Crippen LogP contribution in [-0.4, -0.2) is 11.5 Å². The first-order chi connectivity index (χ1) is 9.28. The normalized spacial score (nSPS) is 21.3. The third kappa shape index (κ3) is 2.48. The predicted octanol–water partition coefficient (Wildman–Crippen LogP) is 4.17. The van der Waals surface area contributed by atoms with Crippen LogP contribution in [0.15, 0.2) is 53.4 Å². The molecule has 19 heavy (non-hydrogen) atoms. The summed E-state index contributed by atoms with van der Waals surface area (Å²) in [6.07, 6.45) is 1.01. The number of fused-ring (bicyclic) bond motifs is 1. The highest BCUT2D eigenvalue weighted by Gasteiger charge is 2.29. The van der Waals surface area contributed by atoms with E-state index in [4.69, 9.17) is 11.6 Å². The van der Waals surface area contributed by atoms with E-state index in [2.05, 4.69) is 5.32 Å². The molecule has 4 heteroatoms. The molecule has 0 saturated heterocycles. The fourth-order valence-electron chi connectivity index (χ4n) is 2.20. The van der Waals surface area contributed by atoms with Gasteiger partial charge in [-0.2, -0.15) is 0 Å². The van der Waals surface area contributed by atoms with Gasteiger partial charge in [0, 0.05) is 15.6 Å². The first-order valence-corrected chi connectivity index (χ1v) is 7.26. The SMILES string of the molecule is O=CC1Sc2ccccc2NC1c1ccc(Cl)cc1. The van der Waals surface area contributed by atoms with Gasteiger partial charge in [-0.1, -0.05) is 35.9 Å². The quantitative estimate of drug-likeness (QED) is 0.842. The Kier molecular flexibility index (Phi) is 3.49. The maximum Gasteiger partial charge on any atom is 0.135 e. The molecule has 0 aliphatic carbocycles. The molecule has 0 radical (unpaired) electrons. The van der Waals surface area contributed by atoms with Crippen molar-refractivity contribution >= 4 is 35.3 Å². The summed E-state index contributed by atoms with van der Waals surface area (Å²) in [6.45, 7) is 0. The summed E-state index contributed by atoms with van der Waals surface area (Å²) >= 11 is 7.51. The van der Waals surface area contributed by atoms with Crippen molar-refractivity contribution < 1.29 is 4.79 Å². The van der Waals surface area contributed by atoms with Crippen molar-refractivity contribution in [1.82, 2.24) is 0 Å². The second-order valence-electron chi connectivity index (χ2n) is 4.39. The molecule has 0 bridgehead atoms. The molecule has 2 atom stereocenters. The summed E-state index contributed by atoms with van der Waals surface area (Å²) in [4.78, 5) is 12.4. The molecule has 0 spiro atoms. The van der Waals surface area contributed by atoms with E-state index in [-0.39, 0.29) is 11.3 Å². The number of halogens is 1. The minimum Gasteiger partial charge on any atom is -0.376 e. The molecular formula is C15H12ClNOS. The lowest BCUT2D eigenvalue weighted by molar-refractivity contribution is -0.107. The van der Waals surface area contributed by atoms with Crippen LogP contribution >= 0.6 is 23.4 Å². The monoisotopic (exact) mass is 289 g/mol. The number of hydrogen-bond acceptors (Lipinski definition) is 3. The Bertz CT molecular complexity index is 599. The summed E-state index contributed by atoms with van der Waals surface area (Å²) in [5.74, 6) is 0. The minimum atomic E-state index is -0.129. The Morgan fingerprint density at radius 1 is 1.11 bits per heavy atom. The number of carbonyl (C=O) groups is 1. The van der Waals surface area contributed by atoms with E-state index in [1.807, 2.05) is 48.5 Å². The Balaban J connectivity index is 1.97. The standard InChI is InChI=1S/C15H12ClNOS/c16-11-7-5-10(6-8-11)15-14(9-18)19-13-4-2-1-3-12(13)17-15/h1-9,14-15,17H. The smallest absolute Gasteiger partial charge is 0.135 e. The van der Waals surface area contributed by atoms with Crippen LogP contribution in [0.3, 0.4) is 0 Å². The van der Waals surface area contributed by atoms with Crippen LogP contribution in [0.2, 0.25) is 5.02 Å². The van der Waals surface area contributed by atoms with Crippen LogP contribution in [0, 0.1) is 0 Å². The van der Waals surface area contributed by atoms with Crippen LogP contribution in [0.1, 0.15) is 11.6 Å². The summed E-state index contributed by atoms with van der Waals surface area (Å²) in [5.41, 5.74) is 2.15. The zero-order valence-corrected chi connectivity index (χ0v) is 11.6. The summed E-state index contributed by atoms with van der Waals surface area (Å²) in [5, 5.41) is 4.01. The van der Waals surface area contributed by atoms with Crippen molar-refractivity contribution in [3.8, 4) is 0 Å². The number of nitrogens with one attached hydrogen (secondary N) is 1. The molecule has 0 fully saturated rings. The van der Waals surface area contributed by atoms with Gasteiger partial charge in [0.25, 0.3) is 0 Å². The van der Waals surface area contributed by atoms with Crippen LogP contribution in [0.5, 0.6) is 0 Å². The lowest BCUT2D eigenvalue weighted by atomic mass is 10.0. The largest absolute Gasteiger partial charge is 0.376 e. The highest BCUT2D eigenvalue weighted by Crippen LogP contribution is 2.42. The number of benzene rings is 2. The van der Waals surface area contributed by atoms with E-state index in [9.17, 15) is 4.79 Å². The Morgan fingerprint density at radius 3 is 2.58 bits per heavy atom. The van der Waals surface area contributed by atoms with Crippen LogP contribution in [-0.2, 0) is 4.79 Å². The molecule has 1 aliphatic rings. The van der Waals surface area contributed by atoms with Gasteiger partial charge in [0.15, 0.2) is 0 Å². The van der Waals surface area contributed by atoms with Crippen molar-refractivity contribution in [2.45, 2.75) is 16.2 Å². The van der Waals surface area contributed by atoms with Crippen molar-refractivity contribution in [3.63, 3.8) is 0 Å². The lowest BCUT2D eigenvalue weighted by Crippen LogP contribution is -2.28. The molecule has 2 nitrogen and oxygen atoms in total. The van der Waals surface area contributed by atoms with Gasteiger partial charge in [0.2, 0.25) is 0 Å². The number of para-hydroxylation sites is 1.